The average molecular weight is 445 g/mol. The number of esters is 1. The highest BCUT2D eigenvalue weighted by molar-refractivity contribution is 7.09. The van der Waals surface area contributed by atoms with E-state index in [1.807, 2.05) is 32.3 Å². The number of carbonyl (C=O) groups excluding carboxylic acids is 1. The second kappa shape index (κ2) is 9.00. The quantitative estimate of drug-likeness (QED) is 0.466. The van der Waals surface area contributed by atoms with Gasteiger partial charge in [0.1, 0.15) is 17.2 Å². The molecule has 2 aromatic rings. The normalized spacial score (nSPS) is 22.4. The van der Waals surface area contributed by atoms with Gasteiger partial charge in [0.2, 0.25) is 0 Å². The predicted molar refractivity (Wildman–Crippen MR) is 122 cm³/mol. The molecule has 2 aliphatic rings. The number of hydrogen-bond acceptors (Lipinski definition) is 6. The molecule has 1 atom stereocenters. The maximum atomic E-state index is 12.7. The van der Waals surface area contributed by atoms with Crippen molar-refractivity contribution in [2.24, 2.45) is 11.8 Å². The summed E-state index contributed by atoms with van der Waals surface area (Å²) in [6.07, 6.45) is 8.91. The minimum atomic E-state index is -0.491. The molecular formula is C24H36N4O2S. The Balaban J connectivity index is 1.56. The summed E-state index contributed by atoms with van der Waals surface area (Å²) in [5, 5.41) is 12.4. The van der Waals surface area contributed by atoms with Crippen LogP contribution in [0.5, 0.6) is 0 Å². The van der Waals surface area contributed by atoms with Crippen molar-refractivity contribution < 1.29 is 9.53 Å². The Morgan fingerprint density at radius 2 is 2.00 bits per heavy atom. The van der Waals surface area contributed by atoms with Crippen molar-refractivity contribution in [3.05, 3.63) is 28.2 Å². The highest BCUT2D eigenvalue weighted by atomic mass is 32.1. The molecule has 31 heavy (non-hydrogen) atoms. The first-order chi connectivity index (χ1) is 14.7. The van der Waals surface area contributed by atoms with Gasteiger partial charge in [-0.3, -0.25) is 4.79 Å². The van der Waals surface area contributed by atoms with Crippen LogP contribution in [0.25, 0.3) is 0 Å². The molecule has 6 nitrogen and oxygen atoms in total. The first kappa shape index (κ1) is 22.4. The van der Waals surface area contributed by atoms with Gasteiger partial charge in [-0.15, -0.1) is 21.5 Å². The van der Waals surface area contributed by atoms with Gasteiger partial charge in [-0.1, -0.05) is 13.8 Å². The minimum Gasteiger partial charge on any atom is -0.460 e. The van der Waals surface area contributed by atoms with Gasteiger partial charge in [0.15, 0.2) is 0 Å². The number of rotatable bonds is 9. The van der Waals surface area contributed by atoms with Crippen molar-refractivity contribution in [2.45, 2.75) is 103 Å². The van der Waals surface area contributed by atoms with Gasteiger partial charge >= 0.3 is 5.97 Å². The van der Waals surface area contributed by atoms with Crippen LogP contribution in [-0.4, -0.2) is 31.3 Å². The smallest absolute Gasteiger partial charge is 0.307 e. The van der Waals surface area contributed by atoms with E-state index in [-0.39, 0.29) is 11.9 Å². The lowest BCUT2D eigenvalue weighted by molar-refractivity contribution is -0.155. The van der Waals surface area contributed by atoms with Crippen LogP contribution in [-0.2, 0) is 16.0 Å². The number of thiazole rings is 1. The van der Waals surface area contributed by atoms with E-state index in [0.717, 1.165) is 28.5 Å². The van der Waals surface area contributed by atoms with Crippen molar-refractivity contribution >= 4 is 17.3 Å². The number of ether oxygens (including phenoxy) is 1. The molecule has 2 aliphatic carbocycles. The van der Waals surface area contributed by atoms with E-state index >= 15 is 0 Å². The van der Waals surface area contributed by atoms with Crippen molar-refractivity contribution in [3.63, 3.8) is 0 Å². The van der Waals surface area contributed by atoms with Gasteiger partial charge in [0.05, 0.1) is 11.4 Å². The molecule has 2 fully saturated rings. The van der Waals surface area contributed by atoms with Crippen molar-refractivity contribution in [3.8, 4) is 0 Å². The van der Waals surface area contributed by atoms with Crippen LogP contribution >= 0.6 is 11.3 Å². The Morgan fingerprint density at radius 3 is 2.58 bits per heavy atom. The molecule has 2 heterocycles. The van der Waals surface area contributed by atoms with Crippen LogP contribution in [0.1, 0.15) is 108 Å². The molecule has 0 spiro atoms. The molecule has 4 rings (SSSR count). The van der Waals surface area contributed by atoms with Gasteiger partial charge < -0.3 is 9.30 Å². The van der Waals surface area contributed by atoms with Crippen LogP contribution in [0.2, 0.25) is 0 Å². The SMILES string of the molecule is CC(C)CC1CC(c2nnc(C(CC(=O)OC(C)(C)C)Cc3nccs3)n2C2CC2)C1. The first-order valence-corrected chi connectivity index (χ1v) is 12.6. The monoisotopic (exact) mass is 444 g/mol. The molecule has 0 amide bonds. The van der Waals surface area contributed by atoms with E-state index in [9.17, 15) is 4.79 Å². The molecule has 2 saturated carbocycles. The second-order valence-electron chi connectivity index (χ2n) is 10.8. The molecule has 7 heteroatoms. The fourth-order valence-corrected chi connectivity index (χ4v) is 5.49. The molecule has 1 unspecified atom stereocenters. The molecule has 0 radical (unpaired) electrons. The second-order valence-corrected chi connectivity index (χ2v) is 11.8. The third-order valence-corrected chi connectivity index (χ3v) is 6.97. The Kier molecular flexibility index (Phi) is 6.52. The lowest BCUT2D eigenvalue weighted by Crippen LogP contribution is -2.27. The maximum absolute atomic E-state index is 12.7. The van der Waals surface area contributed by atoms with Gasteiger partial charge in [0, 0.05) is 35.9 Å². The van der Waals surface area contributed by atoms with Crippen LogP contribution in [0.15, 0.2) is 11.6 Å². The highest BCUT2D eigenvalue weighted by Crippen LogP contribution is 2.48. The van der Waals surface area contributed by atoms with Gasteiger partial charge in [-0.05, 0) is 64.7 Å². The Hall–Kier alpha value is -1.76. The molecule has 0 N–H and O–H groups in total. The van der Waals surface area contributed by atoms with E-state index in [2.05, 4.69) is 33.6 Å². The van der Waals surface area contributed by atoms with E-state index < -0.39 is 5.60 Å². The van der Waals surface area contributed by atoms with Crippen molar-refractivity contribution in [1.82, 2.24) is 19.7 Å². The molecule has 0 bridgehead atoms. The predicted octanol–water partition coefficient (Wildman–Crippen LogP) is 5.67. The molecule has 2 aromatic heterocycles. The van der Waals surface area contributed by atoms with Gasteiger partial charge in [-0.2, -0.15) is 0 Å². The molecular weight excluding hydrogens is 408 g/mol. The van der Waals surface area contributed by atoms with Crippen molar-refractivity contribution in [1.29, 1.82) is 0 Å². The lowest BCUT2D eigenvalue weighted by Gasteiger charge is -2.36. The summed E-state index contributed by atoms with van der Waals surface area (Å²) in [6, 6.07) is 0.488. The summed E-state index contributed by atoms with van der Waals surface area (Å²) < 4.78 is 8.04. The number of carbonyl (C=O) groups is 1. The summed E-state index contributed by atoms with van der Waals surface area (Å²) in [4.78, 5) is 17.2. The summed E-state index contributed by atoms with van der Waals surface area (Å²) in [5.74, 6) is 3.92. The Morgan fingerprint density at radius 1 is 1.26 bits per heavy atom. The third kappa shape index (κ3) is 5.73. The molecule has 170 valence electrons. The topological polar surface area (TPSA) is 69.9 Å². The van der Waals surface area contributed by atoms with E-state index in [0.29, 0.717) is 24.8 Å². The van der Waals surface area contributed by atoms with Crippen LogP contribution in [0.3, 0.4) is 0 Å². The molecule has 0 aromatic carbocycles. The Labute approximate surface area is 189 Å². The van der Waals surface area contributed by atoms with Crippen LogP contribution in [0, 0.1) is 11.8 Å². The highest BCUT2D eigenvalue weighted by Gasteiger charge is 2.40. The number of aromatic nitrogens is 4. The number of nitrogens with zero attached hydrogens (tertiary/aromatic N) is 4. The number of hydrogen-bond donors (Lipinski definition) is 0. The fourth-order valence-electron chi connectivity index (χ4n) is 4.79. The van der Waals surface area contributed by atoms with E-state index in [1.54, 1.807) is 11.3 Å². The zero-order valence-corrected chi connectivity index (χ0v) is 20.3. The summed E-state index contributed by atoms with van der Waals surface area (Å²) in [5.41, 5.74) is -0.491. The zero-order chi connectivity index (χ0) is 22.2. The van der Waals surface area contributed by atoms with Crippen LogP contribution < -0.4 is 0 Å². The molecule has 0 aliphatic heterocycles. The first-order valence-electron chi connectivity index (χ1n) is 11.7. The fraction of sp³-hybridized carbons (Fsp3) is 0.750. The zero-order valence-electron chi connectivity index (χ0n) is 19.5. The summed E-state index contributed by atoms with van der Waals surface area (Å²) in [7, 11) is 0. The average Bonchev–Trinajstić information content (AvgIpc) is 3.15. The molecule has 0 saturated heterocycles. The summed E-state index contributed by atoms with van der Waals surface area (Å²) >= 11 is 1.63. The lowest BCUT2D eigenvalue weighted by atomic mass is 9.71. The maximum Gasteiger partial charge on any atom is 0.307 e. The third-order valence-electron chi connectivity index (χ3n) is 6.17. The Bertz CT molecular complexity index is 874. The van der Waals surface area contributed by atoms with Gasteiger partial charge in [0.25, 0.3) is 0 Å². The van der Waals surface area contributed by atoms with E-state index in [4.69, 9.17) is 4.74 Å². The standard InChI is InChI=1S/C24H36N4O2S/c1-15(2)10-16-11-17(12-16)22-26-27-23(28(22)19-6-7-19)18(13-20-25-8-9-31-20)14-21(29)30-24(3,4)5/h8-9,15-19H,6-7,10-14H2,1-5H3. The minimum absolute atomic E-state index is 0.0608. The van der Waals surface area contributed by atoms with Gasteiger partial charge in [-0.25, -0.2) is 4.98 Å². The van der Waals surface area contributed by atoms with Crippen LogP contribution in [0.4, 0.5) is 0 Å². The van der Waals surface area contributed by atoms with Crippen molar-refractivity contribution in [2.75, 3.05) is 0 Å². The largest absolute Gasteiger partial charge is 0.460 e. The summed E-state index contributed by atoms with van der Waals surface area (Å²) in [6.45, 7) is 10.3. The van der Waals surface area contributed by atoms with E-state index in [1.165, 1.54) is 32.1 Å².